The van der Waals surface area contributed by atoms with Crippen molar-refractivity contribution < 1.29 is 22.8 Å². The van der Waals surface area contributed by atoms with Gasteiger partial charge in [-0.3, -0.25) is 0 Å². The van der Waals surface area contributed by atoms with Crippen molar-refractivity contribution in [3.63, 3.8) is 0 Å². The van der Waals surface area contributed by atoms with Crippen LogP contribution in [0.3, 0.4) is 0 Å². The number of aromatic nitrogens is 1. The highest BCUT2D eigenvalue weighted by atomic mass is 19.1. The highest BCUT2D eigenvalue weighted by molar-refractivity contribution is 6.05. The van der Waals surface area contributed by atoms with Gasteiger partial charge in [-0.15, -0.1) is 0 Å². The number of halogens is 2. The van der Waals surface area contributed by atoms with Gasteiger partial charge in [0.2, 0.25) is 0 Å². The lowest BCUT2D eigenvalue weighted by Crippen LogP contribution is -2.05. The summed E-state index contributed by atoms with van der Waals surface area (Å²) >= 11 is 0. The molecule has 0 unspecified atom stereocenters. The Morgan fingerprint density at radius 1 is 1.00 bits per heavy atom. The van der Waals surface area contributed by atoms with Gasteiger partial charge < -0.3 is 5.11 Å². The molecule has 4 aromatic rings. The Morgan fingerprint density at radius 3 is 2.39 bits per heavy atom. The molecule has 0 amide bonds. The van der Waals surface area contributed by atoms with Crippen LogP contribution in [0.25, 0.3) is 33.3 Å². The van der Waals surface area contributed by atoms with E-state index < -0.39 is 35.6 Å². The molecule has 1 aromatic heterocycles. The Labute approximate surface area is 164 Å². The zero-order valence-electron chi connectivity index (χ0n) is 17.4. The fourth-order valence-electron chi connectivity index (χ4n) is 3.17. The second kappa shape index (κ2) is 6.85. The topological polar surface area (TPSA) is 50.2 Å². The van der Waals surface area contributed by atoms with Gasteiger partial charge in [-0.05, 0) is 42.2 Å². The van der Waals surface area contributed by atoms with E-state index in [1.807, 2.05) is 0 Å². The maximum atomic E-state index is 14.1. The zero-order valence-corrected chi connectivity index (χ0v) is 14.4. The lowest BCUT2D eigenvalue weighted by atomic mass is 9.96. The number of aromatic carboxylic acids is 1. The first-order valence-electron chi connectivity index (χ1n) is 9.89. The fourth-order valence-corrected chi connectivity index (χ4v) is 3.17. The van der Waals surface area contributed by atoms with Gasteiger partial charge in [0.25, 0.3) is 0 Å². The number of pyridine rings is 1. The molecule has 0 fully saturated rings. The van der Waals surface area contributed by atoms with E-state index in [4.69, 9.17) is 4.11 Å². The molecule has 4 rings (SSSR count). The first-order chi connectivity index (χ1) is 14.7. The summed E-state index contributed by atoms with van der Waals surface area (Å²) in [6.07, 6.45) is 0. The molecule has 1 heterocycles. The fraction of sp³-hybridized carbons (Fsp3) is 0.0435. The zero-order chi connectivity index (χ0) is 22.3. The SMILES string of the molecule is [2H]C([2H])([2H])c1c(-c2ccc(-c3ccccc3F)cc2)nc2ccc(F)cc2c1C(=O)O. The van der Waals surface area contributed by atoms with E-state index in [0.29, 0.717) is 16.7 Å². The summed E-state index contributed by atoms with van der Waals surface area (Å²) in [7, 11) is 0. The molecule has 28 heavy (non-hydrogen) atoms. The number of hydrogen-bond acceptors (Lipinski definition) is 2. The van der Waals surface area contributed by atoms with E-state index in [1.165, 1.54) is 12.1 Å². The predicted octanol–water partition coefficient (Wildman–Crippen LogP) is 5.85. The molecule has 0 atom stereocenters. The third-order valence-electron chi connectivity index (χ3n) is 4.50. The second-order valence-electron chi connectivity index (χ2n) is 6.23. The van der Waals surface area contributed by atoms with Crippen LogP contribution in [0.5, 0.6) is 0 Å². The molecular formula is C23H15F2NO2. The molecule has 5 heteroatoms. The highest BCUT2D eigenvalue weighted by Crippen LogP contribution is 2.32. The van der Waals surface area contributed by atoms with Crippen LogP contribution in [0.15, 0.2) is 66.7 Å². The first kappa shape index (κ1) is 14.5. The van der Waals surface area contributed by atoms with Gasteiger partial charge in [-0.1, -0.05) is 42.5 Å². The number of hydrogen-bond donors (Lipinski definition) is 1. The summed E-state index contributed by atoms with van der Waals surface area (Å²) < 4.78 is 51.6. The summed E-state index contributed by atoms with van der Waals surface area (Å²) in [6, 6.07) is 15.9. The molecule has 0 bridgehead atoms. The molecule has 138 valence electrons. The second-order valence-corrected chi connectivity index (χ2v) is 6.23. The summed E-state index contributed by atoms with van der Waals surface area (Å²) in [5, 5.41) is 9.68. The van der Waals surface area contributed by atoms with Crippen molar-refractivity contribution in [2.75, 3.05) is 0 Å². The number of carboxylic acids is 1. The lowest BCUT2D eigenvalue weighted by Gasteiger charge is -2.13. The third-order valence-corrected chi connectivity index (χ3v) is 4.50. The Balaban J connectivity index is 1.98. The third kappa shape index (κ3) is 3.01. The molecule has 1 N–H and O–H groups in total. The van der Waals surface area contributed by atoms with Gasteiger partial charge in [0.1, 0.15) is 11.6 Å². The molecule has 0 spiro atoms. The van der Waals surface area contributed by atoms with Crippen LogP contribution in [0.4, 0.5) is 8.78 Å². The summed E-state index contributed by atoms with van der Waals surface area (Å²) in [5.41, 5.74) is 0.405. The van der Waals surface area contributed by atoms with Gasteiger partial charge in [0.15, 0.2) is 0 Å². The number of carboxylic acid groups (broad SMARTS) is 1. The van der Waals surface area contributed by atoms with Crippen LogP contribution >= 0.6 is 0 Å². The molecule has 0 saturated heterocycles. The molecule has 3 aromatic carbocycles. The number of nitrogens with zero attached hydrogens (tertiary/aromatic N) is 1. The van der Waals surface area contributed by atoms with Crippen LogP contribution in [0, 0.1) is 18.5 Å². The Morgan fingerprint density at radius 2 is 1.71 bits per heavy atom. The standard InChI is InChI=1S/C23H15F2NO2/c1-13-21(23(27)28)18-12-16(24)10-11-20(18)26-22(13)15-8-6-14(7-9-15)17-4-2-3-5-19(17)25/h2-12H,1H3,(H,27,28)/i1D3. The van der Waals surface area contributed by atoms with Crippen molar-refractivity contribution in [3.8, 4) is 22.4 Å². The smallest absolute Gasteiger partial charge is 0.336 e. The average Bonchev–Trinajstić information content (AvgIpc) is 2.72. The molecule has 3 nitrogen and oxygen atoms in total. The van der Waals surface area contributed by atoms with Crippen LogP contribution in [0.2, 0.25) is 0 Å². The summed E-state index contributed by atoms with van der Waals surface area (Å²) in [4.78, 5) is 16.4. The minimum atomic E-state index is -2.82. The van der Waals surface area contributed by atoms with Gasteiger partial charge in [-0.25, -0.2) is 18.6 Å². The van der Waals surface area contributed by atoms with E-state index in [0.717, 1.165) is 12.1 Å². The molecule has 0 aliphatic heterocycles. The number of carbonyl (C=O) groups is 1. The van der Waals surface area contributed by atoms with Crippen molar-refractivity contribution in [1.29, 1.82) is 0 Å². The quantitative estimate of drug-likeness (QED) is 0.486. The van der Waals surface area contributed by atoms with Crippen LogP contribution in [-0.4, -0.2) is 16.1 Å². The van der Waals surface area contributed by atoms with E-state index >= 15 is 0 Å². The first-order valence-corrected chi connectivity index (χ1v) is 8.39. The number of benzene rings is 3. The van der Waals surface area contributed by atoms with E-state index in [1.54, 1.807) is 42.5 Å². The van der Waals surface area contributed by atoms with Crippen molar-refractivity contribution >= 4 is 16.9 Å². The van der Waals surface area contributed by atoms with Crippen molar-refractivity contribution in [2.45, 2.75) is 6.85 Å². The highest BCUT2D eigenvalue weighted by Gasteiger charge is 2.19. The van der Waals surface area contributed by atoms with Crippen LogP contribution < -0.4 is 0 Å². The number of rotatable bonds is 3. The molecule has 0 aliphatic rings. The van der Waals surface area contributed by atoms with Crippen LogP contribution in [-0.2, 0) is 0 Å². The van der Waals surface area contributed by atoms with Gasteiger partial charge in [0, 0.05) is 20.6 Å². The molecule has 0 radical (unpaired) electrons. The summed E-state index contributed by atoms with van der Waals surface area (Å²) in [6.45, 7) is -2.82. The van der Waals surface area contributed by atoms with Crippen molar-refractivity contribution in [3.05, 3.63) is 89.5 Å². The van der Waals surface area contributed by atoms with E-state index in [-0.39, 0.29) is 16.6 Å². The van der Waals surface area contributed by atoms with E-state index in [2.05, 4.69) is 4.98 Å². The molecule has 0 aliphatic carbocycles. The largest absolute Gasteiger partial charge is 0.478 e. The van der Waals surface area contributed by atoms with Gasteiger partial charge in [-0.2, -0.15) is 0 Å². The lowest BCUT2D eigenvalue weighted by molar-refractivity contribution is 0.0698. The van der Waals surface area contributed by atoms with Gasteiger partial charge in [0.05, 0.1) is 16.8 Å². The maximum absolute atomic E-state index is 14.1. The normalized spacial score (nSPS) is 13.0. The van der Waals surface area contributed by atoms with E-state index in [9.17, 15) is 18.7 Å². The monoisotopic (exact) mass is 378 g/mol. The molecular weight excluding hydrogens is 360 g/mol. The minimum absolute atomic E-state index is 0.0448. The van der Waals surface area contributed by atoms with Crippen molar-refractivity contribution in [1.82, 2.24) is 4.98 Å². The Hall–Kier alpha value is -3.60. The predicted molar refractivity (Wildman–Crippen MR) is 104 cm³/mol. The van der Waals surface area contributed by atoms with Gasteiger partial charge >= 0.3 is 5.97 Å². The van der Waals surface area contributed by atoms with Crippen molar-refractivity contribution in [2.24, 2.45) is 0 Å². The Bertz CT molecular complexity index is 1320. The maximum Gasteiger partial charge on any atom is 0.336 e. The number of fused-ring (bicyclic) bond motifs is 1. The minimum Gasteiger partial charge on any atom is -0.478 e. The Kier molecular flexibility index (Phi) is 3.54. The summed E-state index contributed by atoms with van der Waals surface area (Å²) in [5.74, 6) is -2.60. The molecule has 0 saturated carbocycles. The average molecular weight is 378 g/mol. The van der Waals surface area contributed by atoms with Crippen LogP contribution in [0.1, 0.15) is 20.0 Å².